The van der Waals surface area contributed by atoms with Crippen LogP contribution in [0.2, 0.25) is 0 Å². The lowest BCUT2D eigenvalue weighted by Gasteiger charge is -2.16. The Morgan fingerprint density at radius 1 is 0.744 bits per heavy atom. The van der Waals surface area contributed by atoms with Crippen molar-refractivity contribution in [2.24, 2.45) is 0 Å². The number of nitrogens with one attached hydrogen (secondary N) is 3. The first kappa shape index (κ1) is 27.7. The van der Waals surface area contributed by atoms with Crippen LogP contribution in [0.5, 0.6) is 17.2 Å². The minimum Gasteiger partial charge on any atom is -0.588 e. The monoisotopic (exact) mass is 545 g/mol. The minimum absolute atomic E-state index is 0.174. The average molecular weight is 546 g/mol. The van der Waals surface area contributed by atoms with Crippen molar-refractivity contribution in [3.63, 3.8) is 0 Å². The van der Waals surface area contributed by atoms with Crippen molar-refractivity contribution in [1.29, 1.82) is 0 Å². The number of carbonyl (C=O) groups is 1. The molecule has 4 rings (SSSR count). The Balaban J connectivity index is 1.37. The van der Waals surface area contributed by atoms with Crippen molar-refractivity contribution in [3.05, 3.63) is 96.6 Å². The highest BCUT2D eigenvalue weighted by atomic mass is 32.2. The largest absolute Gasteiger partial charge is 0.588 e. The summed E-state index contributed by atoms with van der Waals surface area (Å²) < 4.78 is 32.4. The molecule has 1 atom stereocenters. The first-order valence-electron chi connectivity index (χ1n) is 12.3. The van der Waals surface area contributed by atoms with Crippen LogP contribution in [0.3, 0.4) is 0 Å². The Labute approximate surface area is 231 Å². The molecule has 1 amide bonds. The van der Waals surface area contributed by atoms with Crippen LogP contribution in [0.4, 0.5) is 11.4 Å². The summed E-state index contributed by atoms with van der Waals surface area (Å²) in [5.74, 6) is 1.72. The van der Waals surface area contributed by atoms with Gasteiger partial charge >= 0.3 is 0 Å². The normalized spacial score (nSPS) is 11.3. The van der Waals surface area contributed by atoms with E-state index in [1.165, 1.54) is 0 Å². The molecule has 0 aliphatic carbocycles. The fourth-order valence-electron chi connectivity index (χ4n) is 3.91. The van der Waals surface area contributed by atoms with E-state index in [2.05, 4.69) is 15.4 Å². The number of rotatable bonds is 12. The van der Waals surface area contributed by atoms with Gasteiger partial charge in [0.25, 0.3) is 5.91 Å². The van der Waals surface area contributed by atoms with Gasteiger partial charge in [-0.15, -0.1) is 0 Å². The quantitative estimate of drug-likeness (QED) is 0.163. The van der Waals surface area contributed by atoms with E-state index in [1.54, 1.807) is 45.6 Å². The average Bonchev–Trinajstić information content (AvgIpc) is 2.99. The third-order valence-electron chi connectivity index (χ3n) is 5.91. The number of anilines is 2. The van der Waals surface area contributed by atoms with Crippen molar-refractivity contribution >= 4 is 28.6 Å². The Hall–Kier alpha value is -4.34. The van der Waals surface area contributed by atoms with Gasteiger partial charge in [-0.2, -0.15) is 0 Å². The molecule has 1 unspecified atom stereocenters. The molecule has 0 aliphatic rings. The Morgan fingerprint density at radius 3 is 2.21 bits per heavy atom. The maximum Gasteiger partial charge on any atom is 0.251 e. The standard InChI is InChI=1S/C30H31N3O5S/c1-36-26-11-4-7-21(17-26)22-13-14-28(38-3)29(19-22)39(35)33-25-10-6-9-24(20-25)31-15-16-32-30(34)23-8-5-12-27(18-23)37-2/h4-14,17-20,31,33H,15-16H2,1-3H3,(H,32,34). The Kier molecular flexibility index (Phi) is 9.55. The van der Waals surface area contributed by atoms with E-state index in [9.17, 15) is 9.35 Å². The summed E-state index contributed by atoms with van der Waals surface area (Å²) in [6.07, 6.45) is 0. The van der Waals surface area contributed by atoms with Gasteiger partial charge in [0.05, 0.1) is 27.0 Å². The topological polar surface area (TPSA) is 104 Å². The molecule has 4 aromatic carbocycles. The highest BCUT2D eigenvalue weighted by Gasteiger charge is 2.20. The molecule has 4 aromatic rings. The van der Waals surface area contributed by atoms with Crippen LogP contribution in [0.15, 0.2) is 95.9 Å². The summed E-state index contributed by atoms with van der Waals surface area (Å²) in [4.78, 5) is 12.9. The van der Waals surface area contributed by atoms with Crippen LogP contribution in [0, 0.1) is 0 Å². The van der Waals surface area contributed by atoms with Gasteiger partial charge in [-0.1, -0.05) is 30.3 Å². The van der Waals surface area contributed by atoms with Crippen LogP contribution in [-0.2, 0) is 11.4 Å². The van der Waals surface area contributed by atoms with Gasteiger partial charge in [0, 0.05) is 30.4 Å². The number of hydrogen-bond donors (Lipinski definition) is 3. The third-order valence-corrected chi connectivity index (χ3v) is 7.05. The van der Waals surface area contributed by atoms with E-state index in [-0.39, 0.29) is 5.91 Å². The number of amides is 1. The zero-order valence-electron chi connectivity index (χ0n) is 22.0. The Bertz CT molecular complexity index is 1410. The third kappa shape index (κ3) is 7.37. The van der Waals surface area contributed by atoms with E-state index in [0.717, 1.165) is 22.6 Å². The van der Waals surface area contributed by atoms with Crippen molar-refractivity contribution in [2.75, 3.05) is 44.5 Å². The van der Waals surface area contributed by atoms with Crippen LogP contribution < -0.4 is 29.6 Å². The van der Waals surface area contributed by atoms with Gasteiger partial charge in [-0.3, -0.25) is 4.79 Å². The molecule has 0 fully saturated rings. The SMILES string of the molecule is COc1cccc(C(=O)NCCNc2cccc(N[S+]([O-])c3cc(-c4cccc(OC)c4)ccc3OC)c2)c1. The molecule has 0 heterocycles. The first-order chi connectivity index (χ1) is 19.0. The highest BCUT2D eigenvalue weighted by molar-refractivity contribution is 7.92. The minimum atomic E-state index is -1.58. The lowest BCUT2D eigenvalue weighted by molar-refractivity contribution is 0.0955. The van der Waals surface area contributed by atoms with Crippen molar-refractivity contribution in [3.8, 4) is 28.4 Å². The number of ether oxygens (including phenoxy) is 3. The molecule has 0 aliphatic heterocycles. The van der Waals surface area contributed by atoms with Gasteiger partial charge in [-0.05, 0) is 65.7 Å². The lowest BCUT2D eigenvalue weighted by atomic mass is 10.1. The van der Waals surface area contributed by atoms with E-state index >= 15 is 0 Å². The summed E-state index contributed by atoms with van der Waals surface area (Å²) >= 11 is -1.58. The molecule has 0 saturated heterocycles. The summed E-state index contributed by atoms with van der Waals surface area (Å²) in [5.41, 5.74) is 3.87. The van der Waals surface area contributed by atoms with Crippen molar-refractivity contribution < 1.29 is 23.6 Å². The van der Waals surface area contributed by atoms with E-state index < -0.39 is 11.4 Å². The first-order valence-corrected chi connectivity index (χ1v) is 13.4. The number of benzene rings is 4. The van der Waals surface area contributed by atoms with Gasteiger partial charge in [0.15, 0.2) is 5.75 Å². The summed E-state index contributed by atoms with van der Waals surface area (Å²) in [7, 11) is 4.74. The van der Waals surface area contributed by atoms with Gasteiger partial charge in [-0.25, -0.2) is 4.72 Å². The maximum atomic E-state index is 13.3. The molecule has 0 radical (unpaired) electrons. The van der Waals surface area contributed by atoms with Gasteiger partial charge < -0.3 is 29.4 Å². The molecular weight excluding hydrogens is 514 g/mol. The zero-order valence-corrected chi connectivity index (χ0v) is 22.8. The molecule has 9 heteroatoms. The van der Waals surface area contributed by atoms with Crippen molar-refractivity contribution in [1.82, 2.24) is 5.32 Å². The number of carbonyl (C=O) groups excluding carboxylic acids is 1. The fraction of sp³-hybridized carbons (Fsp3) is 0.167. The maximum absolute atomic E-state index is 13.3. The van der Waals surface area contributed by atoms with E-state index in [0.29, 0.717) is 40.7 Å². The lowest BCUT2D eigenvalue weighted by Crippen LogP contribution is -2.28. The highest BCUT2D eigenvalue weighted by Crippen LogP contribution is 2.32. The molecule has 0 bridgehead atoms. The van der Waals surface area contributed by atoms with Gasteiger partial charge in [0.2, 0.25) is 4.90 Å². The van der Waals surface area contributed by atoms with Crippen LogP contribution in [0.25, 0.3) is 11.1 Å². The van der Waals surface area contributed by atoms with E-state index in [4.69, 9.17) is 14.2 Å². The zero-order chi connectivity index (χ0) is 27.6. The second-order valence-corrected chi connectivity index (χ2v) is 9.65. The summed E-state index contributed by atoms with van der Waals surface area (Å²) in [5, 5.41) is 6.16. The van der Waals surface area contributed by atoms with E-state index in [1.807, 2.05) is 66.7 Å². The molecule has 8 nitrogen and oxygen atoms in total. The number of hydrogen-bond acceptors (Lipinski definition) is 7. The fourth-order valence-corrected chi connectivity index (χ4v) is 4.93. The van der Waals surface area contributed by atoms with Gasteiger partial charge in [0.1, 0.15) is 22.9 Å². The molecule has 0 aromatic heterocycles. The molecule has 39 heavy (non-hydrogen) atoms. The summed E-state index contributed by atoms with van der Waals surface area (Å²) in [6.45, 7) is 0.937. The molecular formula is C30H31N3O5S. The smallest absolute Gasteiger partial charge is 0.251 e. The second-order valence-electron chi connectivity index (χ2n) is 8.46. The molecule has 3 N–H and O–H groups in total. The second kappa shape index (κ2) is 13.5. The molecule has 0 spiro atoms. The van der Waals surface area contributed by atoms with Crippen LogP contribution in [0.1, 0.15) is 10.4 Å². The van der Waals surface area contributed by atoms with Crippen LogP contribution >= 0.6 is 0 Å². The van der Waals surface area contributed by atoms with Crippen LogP contribution in [-0.4, -0.2) is 44.9 Å². The Morgan fingerprint density at radius 2 is 1.44 bits per heavy atom. The number of methoxy groups -OCH3 is 3. The predicted octanol–water partition coefficient (Wildman–Crippen LogP) is 5.36. The van der Waals surface area contributed by atoms with Crippen molar-refractivity contribution in [2.45, 2.75) is 4.90 Å². The molecule has 202 valence electrons. The summed E-state index contributed by atoms with van der Waals surface area (Å²) in [6, 6.07) is 27.7. The molecule has 0 saturated carbocycles. The predicted molar refractivity (Wildman–Crippen MR) is 155 cm³/mol.